The van der Waals surface area contributed by atoms with Crippen LogP contribution in [0.2, 0.25) is 0 Å². The molecule has 10 nitrogen and oxygen atoms in total. The number of likely N-dealkylation sites (N-methyl/N-ethyl adjacent to an activating group) is 1. The Kier molecular flexibility index (Phi) is 31.7. The first-order chi connectivity index (χ1) is 26.5. The molecular formula is C44H84NO9P. The maximum absolute atomic E-state index is 12.7. The number of rotatable bonds is 40. The van der Waals surface area contributed by atoms with Gasteiger partial charge in [0.1, 0.15) is 19.8 Å². The lowest BCUT2D eigenvalue weighted by Gasteiger charge is -2.28. The highest BCUT2D eigenvalue weighted by Gasteiger charge is 2.36. The van der Waals surface area contributed by atoms with Crippen LogP contribution in [-0.2, 0) is 37.4 Å². The van der Waals surface area contributed by atoms with Crippen molar-refractivity contribution in [3.8, 4) is 0 Å². The zero-order chi connectivity index (χ0) is 40.5. The molecule has 0 aromatic carbocycles. The van der Waals surface area contributed by atoms with E-state index in [0.717, 1.165) is 57.8 Å². The predicted octanol–water partition coefficient (Wildman–Crippen LogP) is 10.9. The molecule has 0 saturated carbocycles. The second-order valence-electron chi connectivity index (χ2n) is 16.8. The number of phosphoric ester groups is 1. The lowest BCUT2D eigenvalue weighted by atomic mass is 10.0. The summed E-state index contributed by atoms with van der Waals surface area (Å²) in [6.45, 7) is 4.19. The Morgan fingerprint density at radius 2 is 1.09 bits per heavy atom. The minimum atomic E-state index is -4.63. The fourth-order valence-corrected chi connectivity index (χ4v) is 7.28. The summed E-state index contributed by atoms with van der Waals surface area (Å²) in [5.74, 6) is -0.850. The topological polar surface area (TPSA) is 124 Å². The van der Waals surface area contributed by atoms with E-state index in [1.54, 1.807) is 0 Å². The molecule has 0 spiro atoms. The number of carbonyl (C=O) groups excluding carboxylic acids is 2. The van der Waals surface area contributed by atoms with Crippen molar-refractivity contribution >= 4 is 19.8 Å². The second kappa shape index (κ2) is 33.7. The van der Waals surface area contributed by atoms with Crippen LogP contribution in [0.4, 0.5) is 0 Å². The lowest BCUT2D eigenvalue weighted by Crippen LogP contribution is -2.37. The lowest BCUT2D eigenvalue weighted by molar-refractivity contribution is -0.870. The summed E-state index contributed by atoms with van der Waals surface area (Å²) < 4.78 is 39.7. The van der Waals surface area contributed by atoms with Crippen LogP contribution in [0.25, 0.3) is 0 Å². The number of esters is 2. The van der Waals surface area contributed by atoms with Crippen molar-refractivity contribution in [3.05, 3.63) is 12.2 Å². The van der Waals surface area contributed by atoms with Crippen LogP contribution in [0.3, 0.4) is 0 Å². The average Bonchev–Trinajstić information content (AvgIpc) is 3.89. The van der Waals surface area contributed by atoms with Crippen LogP contribution in [0.1, 0.15) is 194 Å². The Labute approximate surface area is 337 Å². The molecule has 0 N–H and O–H groups in total. The predicted molar refractivity (Wildman–Crippen MR) is 222 cm³/mol. The van der Waals surface area contributed by atoms with E-state index in [1.807, 2.05) is 21.1 Å². The maximum Gasteiger partial charge on any atom is 0.306 e. The van der Waals surface area contributed by atoms with Gasteiger partial charge in [0, 0.05) is 12.8 Å². The third kappa shape index (κ3) is 34.5. The molecule has 0 aromatic heterocycles. The Bertz CT molecular complexity index is 1020. The van der Waals surface area contributed by atoms with Gasteiger partial charge in [-0.1, -0.05) is 142 Å². The van der Waals surface area contributed by atoms with Crippen molar-refractivity contribution in [2.45, 2.75) is 212 Å². The molecule has 0 amide bonds. The molecule has 0 aliphatic carbocycles. The SMILES string of the molecule is CCCCCCCC/C=C\CCCCCCCC(=O)OCC(COP(=O)([O-])OCC[N+](C)(C)C)OC(=O)CCCCCCCCCC1OC1CCCCCC. The van der Waals surface area contributed by atoms with Crippen LogP contribution in [0.15, 0.2) is 12.2 Å². The highest BCUT2D eigenvalue weighted by molar-refractivity contribution is 7.45. The number of quaternary nitrogens is 1. The summed E-state index contributed by atoms with van der Waals surface area (Å²) in [5, 5.41) is 0. The van der Waals surface area contributed by atoms with Crippen molar-refractivity contribution in [1.82, 2.24) is 0 Å². The van der Waals surface area contributed by atoms with Crippen LogP contribution < -0.4 is 4.89 Å². The van der Waals surface area contributed by atoms with Gasteiger partial charge in [-0.25, -0.2) is 0 Å². The third-order valence-corrected chi connectivity index (χ3v) is 11.2. The Hall–Kier alpha value is -1.29. The molecule has 1 heterocycles. The van der Waals surface area contributed by atoms with Gasteiger partial charge in [0.15, 0.2) is 6.10 Å². The summed E-state index contributed by atoms with van der Waals surface area (Å²) >= 11 is 0. The van der Waals surface area contributed by atoms with E-state index in [2.05, 4.69) is 26.0 Å². The molecule has 1 saturated heterocycles. The molecule has 55 heavy (non-hydrogen) atoms. The standard InChI is InChI=1S/C44H84NO9P/c1-6-8-10-12-13-14-15-16-17-18-19-20-23-26-30-34-43(46)50-38-40(39-52-55(48,49)51-37-36-45(3,4)5)53-44(47)35-31-27-24-21-22-25-29-33-42-41(54-42)32-28-11-9-7-2/h16-17,40-42H,6-15,18-39H2,1-5H3/b17-16-. The fraction of sp³-hybridized carbons (Fsp3) is 0.909. The molecule has 1 rings (SSSR count). The number of carbonyl (C=O) groups is 2. The van der Waals surface area contributed by atoms with Gasteiger partial charge >= 0.3 is 11.9 Å². The van der Waals surface area contributed by atoms with Gasteiger partial charge in [0.25, 0.3) is 7.82 Å². The van der Waals surface area contributed by atoms with E-state index in [1.165, 1.54) is 103 Å². The van der Waals surface area contributed by atoms with Gasteiger partial charge in [-0.3, -0.25) is 14.2 Å². The van der Waals surface area contributed by atoms with Gasteiger partial charge in [0.05, 0.1) is 40.0 Å². The zero-order valence-corrected chi connectivity index (χ0v) is 37.0. The number of hydrogen-bond donors (Lipinski definition) is 0. The number of allylic oxidation sites excluding steroid dienone is 2. The van der Waals surface area contributed by atoms with Crippen molar-refractivity contribution < 1.29 is 46.8 Å². The summed E-state index contributed by atoms with van der Waals surface area (Å²) in [6, 6.07) is 0. The highest BCUT2D eigenvalue weighted by atomic mass is 31.2. The molecule has 1 aliphatic rings. The van der Waals surface area contributed by atoms with Gasteiger partial charge in [-0.2, -0.15) is 0 Å². The summed E-state index contributed by atoms with van der Waals surface area (Å²) in [5.41, 5.74) is 0. The maximum atomic E-state index is 12.7. The monoisotopic (exact) mass is 802 g/mol. The quantitative estimate of drug-likeness (QED) is 0.0149. The van der Waals surface area contributed by atoms with Crippen LogP contribution in [-0.4, -0.2) is 82.2 Å². The first kappa shape index (κ1) is 51.7. The van der Waals surface area contributed by atoms with Crippen molar-refractivity contribution in [3.63, 3.8) is 0 Å². The number of hydrogen-bond acceptors (Lipinski definition) is 9. The largest absolute Gasteiger partial charge is 0.756 e. The minimum absolute atomic E-state index is 0.0335. The van der Waals surface area contributed by atoms with E-state index >= 15 is 0 Å². The number of ether oxygens (including phenoxy) is 3. The van der Waals surface area contributed by atoms with Gasteiger partial charge < -0.3 is 32.6 Å². The average molecular weight is 802 g/mol. The van der Waals surface area contributed by atoms with E-state index in [4.69, 9.17) is 23.3 Å². The van der Waals surface area contributed by atoms with Crippen LogP contribution >= 0.6 is 7.82 Å². The van der Waals surface area contributed by atoms with Gasteiger partial charge in [-0.15, -0.1) is 0 Å². The summed E-state index contributed by atoms with van der Waals surface area (Å²) in [6.07, 6.45) is 35.3. The molecule has 0 aromatic rings. The van der Waals surface area contributed by atoms with Crippen molar-refractivity contribution in [1.29, 1.82) is 0 Å². The normalized spacial score (nSPS) is 17.3. The number of nitrogens with zero attached hydrogens (tertiary/aromatic N) is 1. The smallest absolute Gasteiger partial charge is 0.306 e. The Morgan fingerprint density at radius 3 is 1.62 bits per heavy atom. The van der Waals surface area contributed by atoms with Gasteiger partial charge in [-0.05, 0) is 51.4 Å². The minimum Gasteiger partial charge on any atom is -0.756 e. The summed E-state index contributed by atoms with van der Waals surface area (Å²) in [7, 11) is 1.16. The molecule has 1 fully saturated rings. The first-order valence-corrected chi connectivity index (χ1v) is 24.0. The highest BCUT2D eigenvalue weighted by Crippen LogP contribution is 2.38. The summed E-state index contributed by atoms with van der Waals surface area (Å²) in [4.78, 5) is 37.6. The number of epoxide rings is 1. The van der Waals surface area contributed by atoms with Crippen LogP contribution in [0, 0.1) is 0 Å². The second-order valence-corrected chi connectivity index (χ2v) is 18.2. The van der Waals surface area contributed by atoms with E-state index in [9.17, 15) is 19.0 Å². The van der Waals surface area contributed by atoms with Crippen molar-refractivity contribution in [2.75, 3.05) is 47.5 Å². The Balaban J connectivity index is 2.27. The number of unbranched alkanes of at least 4 members (excludes halogenated alkanes) is 20. The molecule has 11 heteroatoms. The fourth-order valence-electron chi connectivity index (χ4n) is 6.56. The zero-order valence-electron chi connectivity index (χ0n) is 36.1. The molecule has 1 aliphatic heterocycles. The molecular weight excluding hydrogens is 717 g/mol. The molecule has 4 atom stereocenters. The molecule has 324 valence electrons. The number of phosphoric acid groups is 1. The third-order valence-electron chi connectivity index (χ3n) is 10.2. The van der Waals surface area contributed by atoms with E-state index in [0.29, 0.717) is 29.7 Å². The molecule has 0 radical (unpaired) electrons. The van der Waals surface area contributed by atoms with Gasteiger partial charge in [0.2, 0.25) is 0 Å². The van der Waals surface area contributed by atoms with Crippen molar-refractivity contribution in [2.24, 2.45) is 0 Å². The first-order valence-electron chi connectivity index (χ1n) is 22.5. The molecule has 4 unspecified atom stereocenters. The molecule has 0 bridgehead atoms. The van der Waals surface area contributed by atoms with Crippen LogP contribution in [0.5, 0.6) is 0 Å². The van der Waals surface area contributed by atoms with E-state index < -0.39 is 32.5 Å². The Morgan fingerprint density at radius 1 is 0.636 bits per heavy atom. The van der Waals surface area contributed by atoms with E-state index in [-0.39, 0.29) is 26.1 Å².